The third-order valence-corrected chi connectivity index (χ3v) is 4.62. The molecule has 0 heterocycles. The fourth-order valence-corrected chi connectivity index (χ4v) is 3.42. The van der Waals surface area contributed by atoms with Crippen molar-refractivity contribution in [2.24, 2.45) is 5.73 Å². The Labute approximate surface area is 114 Å². The Morgan fingerprint density at radius 3 is 2.79 bits per heavy atom. The minimum Gasteiger partial charge on any atom is -0.355 e. The average molecular weight is 258 g/mol. The predicted octanol–water partition coefficient (Wildman–Crippen LogP) is 2.10. The second-order valence-electron chi connectivity index (χ2n) is 6.15. The molecule has 0 aliphatic heterocycles. The molecule has 1 amide bonds. The second-order valence-corrected chi connectivity index (χ2v) is 6.15. The molecule has 0 radical (unpaired) electrons. The average Bonchev–Trinajstić information content (AvgIpc) is 2.77. The van der Waals surface area contributed by atoms with E-state index in [1.165, 1.54) is 24.0 Å². The van der Waals surface area contributed by atoms with Crippen LogP contribution in [-0.4, -0.2) is 18.0 Å². The Morgan fingerprint density at radius 1 is 1.32 bits per heavy atom. The molecule has 0 spiro atoms. The van der Waals surface area contributed by atoms with Gasteiger partial charge in [0, 0.05) is 24.4 Å². The van der Waals surface area contributed by atoms with E-state index in [2.05, 4.69) is 29.6 Å². The summed E-state index contributed by atoms with van der Waals surface area (Å²) < 4.78 is 0. The van der Waals surface area contributed by atoms with Gasteiger partial charge in [-0.2, -0.15) is 0 Å². The number of hydrogen-bond donors (Lipinski definition) is 2. The standard InChI is InChI=1S/C16H22N2O/c17-16(7-3-4-8-16)10-15(19)18-11-13-9-12-5-1-2-6-14(12)13/h1-2,5-6,13H,3-4,7-11,17H2,(H,18,19). The number of nitrogens with two attached hydrogens (primary N) is 1. The Balaban J connectivity index is 1.47. The zero-order valence-corrected chi connectivity index (χ0v) is 11.3. The fourth-order valence-electron chi connectivity index (χ4n) is 3.42. The van der Waals surface area contributed by atoms with Gasteiger partial charge in [0.1, 0.15) is 0 Å². The summed E-state index contributed by atoms with van der Waals surface area (Å²) in [7, 11) is 0. The van der Waals surface area contributed by atoms with E-state index in [0.29, 0.717) is 12.3 Å². The zero-order valence-electron chi connectivity index (χ0n) is 11.3. The SMILES string of the molecule is NC1(CC(=O)NCC2Cc3ccccc32)CCCC1. The zero-order chi connectivity index (χ0) is 13.3. The maximum Gasteiger partial charge on any atom is 0.221 e. The smallest absolute Gasteiger partial charge is 0.221 e. The van der Waals surface area contributed by atoms with Crippen molar-refractivity contribution in [1.82, 2.24) is 5.32 Å². The lowest BCUT2D eigenvalue weighted by molar-refractivity contribution is -0.122. The molecule has 1 aromatic rings. The van der Waals surface area contributed by atoms with E-state index in [4.69, 9.17) is 5.73 Å². The molecule has 1 unspecified atom stereocenters. The maximum atomic E-state index is 12.0. The van der Waals surface area contributed by atoms with Crippen molar-refractivity contribution in [2.75, 3.05) is 6.54 Å². The first-order valence-corrected chi connectivity index (χ1v) is 7.30. The first kappa shape index (κ1) is 12.7. The van der Waals surface area contributed by atoms with Crippen LogP contribution in [0.3, 0.4) is 0 Å². The number of benzene rings is 1. The van der Waals surface area contributed by atoms with Gasteiger partial charge < -0.3 is 11.1 Å². The van der Waals surface area contributed by atoms with E-state index in [1.807, 2.05) is 0 Å². The summed E-state index contributed by atoms with van der Waals surface area (Å²) >= 11 is 0. The van der Waals surface area contributed by atoms with Crippen LogP contribution in [0.15, 0.2) is 24.3 Å². The van der Waals surface area contributed by atoms with E-state index in [-0.39, 0.29) is 11.4 Å². The lowest BCUT2D eigenvalue weighted by atomic mass is 9.77. The Morgan fingerprint density at radius 2 is 2.05 bits per heavy atom. The van der Waals surface area contributed by atoms with Gasteiger partial charge in [0.05, 0.1) is 0 Å². The molecule has 19 heavy (non-hydrogen) atoms. The summed E-state index contributed by atoms with van der Waals surface area (Å²) in [4.78, 5) is 12.0. The number of carbonyl (C=O) groups excluding carboxylic acids is 1. The van der Waals surface area contributed by atoms with Crippen molar-refractivity contribution in [3.05, 3.63) is 35.4 Å². The Hall–Kier alpha value is -1.35. The first-order chi connectivity index (χ1) is 9.16. The second kappa shape index (κ2) is 4.97. The normalized spacial score (nSPS) is 23.5. The lowest BCUT2D eigenvalue weighted by Gasteiger charge is -2.30. The van der Waals surface area contributed by atoms with Crippen LogP contribution in [-0.2, 0) is 11.2 Å². The van der Waals surface area contributed by atoms with Gasteiger partial charge in [-0.05, 0) is 30.4 Å². The number of rotatable bonds is 4. The lowest BCUT2D eigenvalue weighted by Crippen LogP contribution is -2.43. The summed E-state index contributed by atoms with van der Waals surface area (Å²) in [6.45, 7) is 0.756. The van der Waals surface area contributed by atoms with Crippen molar-refractivity contribution in [2.45, 2.75) is 50.0 Å². The first-order valence-electron chi connectivity index (χ1n) is 7.30. The number of carbonyl (C=O) groups is 1. The molecule has 2 aliphatic rings. The summed E-state index contributed by atoms with van der Waals surface area (Å²) in [5.41, 5.74) is 8.81. The van der Waals surface area contributed by atoms with Crippen LogP contribution < -0.4 is 11.1 Å². The van der Waals surface area contributed by atoms with Gasteiger partial charge >= 0.3 is 0 Å². The van der Waals surface area contributed by atoms with Gasteiger partial charge in [-0.1, -0.05) is 37.1 Å². The van der Waals surface area contributed by atoms with Crippen LogP contribution in [0.25, 0.3) is 0 Å². The highest BCUT2D eigenvalue weighted by Crippen LogP contribution is 2.34. The number of amides is 1. The molecule has 102 valence electrons. The molecule has 1 atom stereocenters. The Kier molecular flexibility index (Phi) is 3.31. The largest absolute Gasteiger partial charge is 0.355 e. The monoisotopic (exact) mass is 258 g/mol. The van der Waals surface area contributed by atoms with E-state index >= 15 is 0 Å². The summed E-state index contributed by atoms with van der Waals surface area (Å²) in [6, 6.07) is 8.48. The van der Waals surface area contributed by atoms with E-state index < -0.39 is 0 Å². The quantitative estimate of drug-likeness (QED) is 0.869. The molecule has 1 saturated carbocycles. The van der Waals surface area contributed by atoms with Crippen molar-refractivity contribution in [3.8, 4) is 0 Å². The van der Waals surface area contributed by atoms with Crippen LogP contribution in [0.2, 0.25) is 0 Å². The highest BCUT2D eigenvalue weighted by atomic mass is 16.1. The van der Waals surface area contributed by atoms with E-state index in [9.17, 15) is 4.79 Å². The van der Waals surface area contributed by atoms with E-state index in [1.54, 1.807) is 0 Å². The molecule has 3 heteroatoms. The third-order valence-electron chi connectivity index (χ3n) is 4.62. The fraction of sp³-hybridized carbons (Fsp3) is 0.562. The van der Waals surface area contributed by atoms with Gasteiger partial charge in [-0.3, -0.25) is 4.79 Å². The molecule has 0 aromatic heterocycles. The molecule has 0 bridgehead atoms. The molecule has 3 N–H and O–H groups in total. The summed E-state index contributed by atoms with van der Waals surface area (Å²) in [6.07, 6.45) is 5.89. The van der Waals surface area contributed by atoms with Gasteiger partial charge in [0.15, 0.2) is 0 Å². The number of fused-ring (bicyclic) bond motifs is 1. The van der Waals surface area contributed by atoms with Crippen molar-refractivity contribution >= 4 is 5.91 Å². The molecule has 3 nitrogen and oxygen atoms in total. The predicted molar refractivity (Wildman–Crippen MR) is 75.9 cm³/mol. The van der Waals surface area contributed by atoms with Crippen LogP contribution in [0.1, 0.15) is 49.1 Å². The molecule has 1 fully saturated rings. The van der Waals surface area contributed by atoms with Crippen molar-refractivity contribution in [3.63, 3.8) is 0 Å². The van der Waals surface area contributed by atoms with Crippen LogP contribution in [0, 0.1) is 0 Å². The molecular formula is C16H22N2O. The molecule has 3 rings (SSSR count). The highest BCUT2D eigenvalue weighted by Gasteiger charge is 2.32. The van der Waals surface area contributed by atoms with Crippen molar-refractivity contribution in [1.29, 1.82) is 0 Å². The number of nitrogens with one attached hydrogen (secondary N) is 1. The molecule has 1 aromatic carbocycles. The molecular weight excluding hydrogens is 236 g/mol. The highest BCUT2D eigenvalue weighted by molar-refractivity contribution is 5.77. The van der Waals surface area contributed by atoms with Crippen molar-refractivity contribution < 1.29 is 4.79 Å². The van der Waals surface area contributed by atoms with Gasteiger partial charge in [-0.15, -0.1) is 0 Å². The van der Waals surface area contributed by atoms with Gasteiger partial charge in [0.2, 0.25) is 5.91 Å². The summed E-state index contributed by atoms with van der Waals surface area (Å²) in [5, 5.41) is 3.06. The topological polar surface area (TPSA) is 55.1 Å². The molecule has 2 aliphatic carbocycles. The molecule has 0 saturated heterocycles. The minimum atomic E-state index is -0.235. The van der Waals surface area contributed by atoms with Gasteiger partial charge in [0.25, 0.3) is 0 Å². The minimum absolute atomic E-state index is 0.119. The van der Waals surface area contributed by atoms with Gasteiger partial charge in [-0.25, -0.2) is 0 Å². The Bertz CT molecular complexity index is 477. The van der Waals surface area contributed by atoms with Crippen LogP contribution in [0.4, 0.5) is 0 Å². The summed E-state index contributed by atoms with van der Waals surface area (Å²) in [5.74, 6) is 0.617. The van der Waals surface area contributed by atoms with Crippen LogP contribution in [0.5, 0.6) is 0 Å². The number of hydrogen-bond acceptors (Lipinski definition) is 2. The van der Waals surface area contributed by atoms with Crippen LogP contribution >= 0.6 is 0 Å². The maximum absolute atomic E-state index is 12.0. The van der Waals surface area contributed by atoms with E-state index in [0.717, 1.165) is 25.8 Å². The third kappa shape index (κ3) is 2.66.